The highest BCUT2D eigenvalue weighted by atomic mass is 32.1. The van der Waals surface area contributed by atoms with Crippen molar-refractivity contribution in [3.8, 4) is 0 Å². The molecule has 3 heteroatoms. The SMILES string of the molecule is CCCc1cccc2sc(C(=N)N)cc12. The zero-order valence-electron chi connectivity index (χ0n) is 8.71. The fraction of sp³-hybridized carbons (Fsp3) is 0.250. The van der Waals surface area contributed by atoms with Crippen molar-refractivity contribution >= 4 is 27.3 Å². The predicted octanol–water partition coefficient (Wildman–Crippen LogP) is 3.14. The van der Waals surface area contributed by atoms with Crippen LogP contribution in [-0.2, 0) is 6.42 Å². The molecule has 2 nitrogen and oxygen atoms in total. The van der Waals surface area contributed by atoms with E-state index in [1.54, 1.807) is 11.3 Å². The van der Waals surface area contributed by atoms with E-state index in [0.717, 1.165) is 17.7 Å². The molecule has 0 aliphatic carbocycles. The van der Waals surface area contributed by atoms with E-state index in [1.165, 1.54) is 15.6 Å². The first-order chi connectivity index (χ1) is 7.22. The standard InChI is InChI=1S/C12H14N2S/c1-2-4-8-5-3-6-10-9(8)7-11(15-10)12(13)14/h3,5-7H,2,4H2,1H3,(H3,13,14). The summed E-state index contributed by atoms with van der Waals surface area (Å²) in [6.07, 6.45) is 2.23. The van der Waals surface area contributed by atoms with Crippen LogP contribution in [0.3, 0.4) is 0 Å². The van der Waals surface area contributed by atoms with Gasteiger partial charge >= 0.3 is 0 Å². The molecule has 0 atom stereocenters. The molecule has 3 N–H and O–H groups in total. The summed E-state index contributed by atoms with van der Waals surface area (Å²) in [6.45, 7) is 2.18. The second-order valence-corrected chi connectivity index (χ2v) is 4.69. The Morgan fingerprint density at radius 2 is 2.27 bits per heavy atom. The smallest absolute Gasteiger partial charge is 0.133 e. The van der Waals surface area contributed by atoms with Gasteiger partial charge in [0.1, 0.15) is 5.84 Å². The second-order valence-electron chi connectivity index (χ2n) is 3.60. The molecule has 78 valence electrons. The molecule has 0 fully saturated rings. The van der Waals surface area contributed by atoms with Gasteiger partial charge in [-0.05, 0) is 29.5 Å². The number of rotatable bonds is 3. The van der Waals surface area contributed by atoms with Crippen molar-refractivity contribution in [2.24, 2.45) is 5.73 Å². The molecule has 0 amide bonds. The van der Waals surface area contributed by atoms with Gasteiger partial charge in [-0.25, -0.2) is 0 Å². The molecular weight excluding hydrogens is 204 g/mol. The van der Waals surface area contributed by atoms with Crippen molar-refractivity contribution in [2.75, 3.05) is 0 Å². The summed E-state index contributed by atoms with van der Waals surface area (Å²) < 4.78 is 1.23. The number of nitrogen functional groups attached to an aromatic ring is 1. The predicted molar refractivity (Wildman–Crippen MR) is 66.8 cm³/mol. The molecule has 1 aromatic heterocycles. The molecule has 0 aliphatic rings. The van der Waals surface area contributed by atoms with E-state index in [1.807, 2.05) is 6.07 Å². The van der Waals surface area contributed by atoms with Crippen LogP contribution in [-0.4, -0.2) is 5.84 Å². The van der Waals surface area contributed by atoms with Crippen LogP contribution >= 0.6 is 11.3 Å². The van der Waals surface area contributed by atoms with Crippen molar-refractivity contribution in [2.45, 2.75) is 19.8 Å². The normalized spacial score (nSPS) is 10.7. The van der Waals surface area contributed by atoms with Gasteiger partial charge in [0.15, 0.2) is 0 Å². The molecule has 0 unspecified atom stereocenters. The highest BCUT2D eigenvalue weighted by Gasteiger charge is 2.06. The summed E-state index contributed by atoms with van der Waals surface area (Å²) in [5.41, 5.74) is 6.86. The fourth-order valence-electron chi connectivity index (χ4n) is 1.74. The number of fused-ring (bicyclic) bond motifs is 1. The average Bonchev–Trinajstić information content (AvgIpc) is 2.63. The highest BCUT2D eigenvalue weighted by Crippen LogP contribution is 2.28. The molecule has 0 saturated carbocycles. The topological polar surface area (TPSA) is 49.9 Å². The molecule has 0 aliphatic heterocycles. The van der Waals surface area contributed by atoms with Crippen LogP contribution in [0.5, 0.6) is 0 Å². The lowest BCUT2D eigenvalue weighted by atomic mass is 10.1. The Balaban J connectivity index is 2.59. The van der Waals surface area contributed by atoms with Crippen molar-refractivity contribution in [1.29, 1.82) is 5.41 Å². The van der Waals surface area contributed by atoms with E-state index in [2.05, 4.69) is 25.1 Å². The maximum atomic E-state index is 7.43. The lowest BCUT2D eigenvalue weighted by Crippen LogP contribution is -2.08. The first-order valence-electron chi connectivity index (χ1n) is 5.08. The van der Waals surface area contributed by atoms with Crippen molar-refractivity contribution < 1.29 is 0 Å². The van der Waals surface area contributed by atoms with Gasteiger partial charge in [0, 0.05) is 4.70 Å². The first-order valence-corrected chi connectivity index (χ1v) is 5.90. The van der Waals surface area contributed by atoms with Gasteiger partial charge in [0.2, 0.25) is 0 Å². The number of hydrogen-bond donors (Lipinski definition) is 2. The molecule has 1 aromatic carbocycles. The molecule has 1 heterocycles. The minimum absolute atomic E-state index is 0.165. The molecular formula is C12H14N2S. The Labute approximate surface area is 93.2 Å². The number of nitrogens with one attached hydrogen (secondary N) is 1. The summed E-state index contributed by atoms with van der Waals surface area (Å²) in [5, 5.41) is 8.69. The van der Waals surface area contributed by atoms with Crippen molar-refractivity contribution in [3.05, 3.63) is 34.7 Å². The molecule has 2 aromatic rings. The van der Waals surface area contributed by atoms with E-state index in [9.17, 15) is 0 Å². The molecule has 0 radical (unpaired) electrons. The second kappa shape index (κ2) is 4.03. The van der Waals surface area contributed by atoms with Crippen LogP contribution in [0, 0.1) is 5.41 Å². The van der Waals surface area contributed by atoms with Gasteiger partial charge in [-0.1, -0.05) is 25.5 Å². The number of nitrogens with two attached hydrogens (primary N) is 1. The minimum Gasteiger partial charge on any atom is -0.383 e. The third-order valence-corrected chi connectivity index (χ3v) is 3.57. The largest absolute Gasteiger partial charge is 0.383 e. The number of thiophene rings is 1. The van der Waals surface area contributed by atoms with Crippen molar-refractivity contribution in [1.82, 2.24) is 0 Å². The zero-order valence-corrected chi connectivity index (χ0v) is 9.53. The molecule has 2 rings (SSSR count). The maximum Gasteiger partial charge on any atom is 0.133 e. The Hall–Kier alpha value is -1.35. The maximum absolute atomic E-state index is 7.43. The van der Waals surface area contributed by atoms with E-state index < -0.39 is 0 Å². The molecule has 0 saturated heterocycles. The Morgan fingerprint density at radius 3 is 2.93 bits per heavy atom. The van der Waals surface area contributed by atoms with Crippen LogP contribution in [0.2, 0.25) is 0 Å². The minimum atomic E-state index is 0.165. The van der Waals surface area contributed by atoms with Gasteiger partial charge in [0.25, 0.3) is 0 Å². The number of aryl methyl sites for hydroxylation is 1. The average molecular weight is 218 g/mol. The van der Waals surface area contributed by atoms with Crippen LogP contribution in [0.15, 0.2) is 24.3 Å². The van der Waals surface area contributed by atoms with E-state index in [-0.39, 0.29) is 5.84 Å². The quantitative estimate of drug-likeness (QED) is 0.603. The Morgan fingerprint density at radius 1 is 1.47 bits per heavy atom. The lowest BCUT2D eigenvalue weighted by Gasteiger charge is -1.99. The van der Waals surface area contributed by atoms with Crippen LogP contribution in [0.4, 0.5) is 0 Å². The molecule has 0 bridgehead atoms. The van der Waals surface area contributed by atoms with Gasteiger partial charge in [-0.3, -0.25) is 5.41 Å². The lowest BCUT2D eigenvalue weighted by molar-refractivity contribution is 0.930. The Bertz CT molecular complexity index is 499. The summed E-state index contributed by atoms with van der Waals surface area (Å²) in [6, 6.07) is 8.36. The summed E-state index contributed by atoms with van der Waals surface area (Å²) >= 11 is 1.60. The molecule has 0 spiro atoms. The van der Waals surface area contributed by atoms with E-state index >= 15 is 0 Å². The third kappa shape index (κ3) is 1.88. The van der Waals surface area contributed by atoms with E-state index in [0.29, 0.717) is 0 Å². The summed E-state index contributed by atoms with van der Waals surface area (Å²) in [7, 11) is 0. The first kappa shape index (κ1) is 10.2. The zero-order chi connectivity index (χ0) is 10.8. The fourth-order valence-corrected chi connectivity index (χ4v) is 2.71. The van der Waals surface area contributed by atoms with Gasteiger partial charge in [-0.2, -0.15) is 0 Å². The molecule has 15 heavy (non-hydrogen) atoms. The summed E-state index contributed by atoms with van der Waals surface area (Å²) in [4.78, 5) is 0.869. The monoisotopic (exact) mass is 218 g/mol. The number of benzene rings is 1. The van der Waals surface area contributed by atoms with Gasteiger partial charge < -0.3 is 5.73 Å². The third-order valence-electron chi connectivity index (χ3n) is 2.44. The van der Waals surface area contributed by atoms with Gasteiger partial charge in [0.05, 0.1) is 4.88 Å². The van der Waals surface area contributed by atoms with Crippen LogP contribution in [0.25, 0.3) is 10.1 Å². The Kier molecular flexibility index (Phi) is 2.73. The van der Waals surface area contributed by atoms with E-state index in [4.69, 9.17) is 11.1 Å². The number of hydrogen-bond acceptors (Lipinski definition) is 2. The van der Waals surface area contributed by atoms with Gasteiger partial charge in [-0.15, -0.1) is 11.3 Å². The van der Waals surface area contributed by atoms with Crippen LogP contribution < -0.4 is 5.73 Å². The van der Waals surface area contributed by atoms with Crippen LogP contribution in [0.1, 0.15) is 23.8 Å². The summed E-state index contributed by atoms with van der Waals surface area (Å²) in [5.74, 6) is 0.165. The van der Waals surface area contributed by atoms with Crippen molar-refractivity contribution in [3.63, 3.8) is 0 Å². The number of amidine groups is 1. The highest BCUT2D eigenvalue weighted by molar-refractivity contribution is 7.20.